The molecule has 1 aromatic carbocycles. The standard InChI is InChI=1S/C15H20N2O3/c1-3-12-5-4-8-17(12)15(20)16-13-9-11(14(18)19)7-6-10(13)2/h6-7,9,12H,3-5,8H2,1-2H3,(H,16,20)(H,18,19). The summed E-state index contributed by atoms with van der Waals surface area (Å²) in [5.74, 6) is -0.992. The van der Waals surface area contributed by atoms with Gasteiger partial charge in [-0.15, -0.1) is 0 Å². The molecule has 0 aliphatic carbocycles. The van der Waals surface area contributed by atoms with E-state index in [0.717, 1.165) is 31.4 Å². The molecule has 1 heterocycles. The molecule has 1 saturated heterocycles. The molecule has 0 aromatic heterocycles. The van der Waals surface area contributed by atoms with E-state index in [4.69, 9.17) is 5.11 Å². The third-order valence-electron chi connectivity index (χ3n) is 3.84. The molecule has 0 radical (unpaired) electrons. The zero-order chi connectivity index (χ0) is 14.7. The van der Waals surface area contributed by atoms with Crippen molar-refractivity contribution in [2.24, 2.45) is 0 Å². The van der Waals surface area contributed by atoms with Gasteiger partial charge < -0.3 is 15.3 Å². The number of aromatic carboxylic acids is 1. The van der Waals surface area contributed by atoms with E-state index < -0.39 is 5.97 Å². The van der Waals surface area contributed by atoms with Crippen LogP contribution in [0.5, 0.6) is 0 Å². The first-order valence-electron chi connectivity index (χ1n) is 6.94. The minimum Gasteiger partial charge on any atom is -0.478 e. The first-order valence-corrected chi connectivity index (χ1v) is 6.94. The molecule has 108 valence electrons. The van der Waals surface area contributed by atoms with Gasteiger partial charge >= 0.3 is 12.0 Å². The van der Waals surface area contributed by atoms with Crippen LogP contribution in [0.2, 0.25) is 0 Å². The molecule has 20 heavy (non-hydrogen) atoms. The van der Waals surface area contributed by atoms with Gasteiger partial charge in [-0.3, -0.25) is 0 Å². The summed E-state index contributed by atoms with van der Waals surface area (Å²) in [6.07, 6.45) is 3.01. The summed E-state index contributed by atoms with van der Waals surface area (Å²) in [6, 6.07) is 4.91. The predicted octanol–water partition coefficient (Wildman–Crippen LogP) is 3.10. The monoisotopic (exact) mass is 276 g/mol. The van der Waals surface area contributed by atoms with Gasteiger partial charge in [0.15, 0.2) is 0 Å². The van der Waals surface area contributed by atoms with Gasteiger partial charge in [0.05, 0.1) is 5.56 Å². The van der Waals surface area contributed by atoms with E-state index in [-0.39, 0.29) is 17.6 Å². The number of carbonyl (C=O) groups excluding carboxylic acids is 1. The fraction of sp³-hybridized carbons (Fsp3) is 0.467. The van der Waals surface area contributed by atoms with Crippen LogP contribution in [-0.2, 0) is 0 Å². The Bertz CT molecular complexity index is 528. The minimum absolute atomic E-state index is 0.139. The van der Waals surface area contributed by atoms with Crippen LogP contribution in [0, 0.1) is 6.92 Å². The van der Waals surface area contributed by atoms with Crippen LogP contribution in [0.1, 0.15) is 42.1 Å². The van der Waals surface area contributed by atoms with Crippen LogP contribution >= 0.6 is 0 Å². The van der Waals surface area contributed by atoms with E-state index in [1.807, 2.05) is 11.8 Å². The Labute approximate surface area is 118 Å². The highest BCUT2D eigenvalue weighted by Crippen LogP contribution is 2.23. The number of carboxylic acids is 1. The third kappa shape index (κ3) is 2.92. The van der Waals surface area contributed by atoms with E-state index in [0.29, 0.717) is 5.69 Å². The zero-order valence-electron chi connectivity index (χ0n) is 11.8. The van der Waals surface area contributed by atoms with Crippen LogP contribution < -0.4 is 5.32 Å². The van der Waals surface area contributed by atoms with Gasteiger partial charge in [0.25, 0.3) is 0 Å². The van der Waals surface area contributed by atoms with Crippen molar-refractivity contribution in [1.29, 1.82) is 0 Å². The lowest BCUT2D eigenvalue weighted by molar-refractivity contribution is 0.0697. The van der Waals surface area contributed by atoms with Gasteiger partial charge in [0, 0.05) is 18.3 Å². The molecule has 0 spiro atoms. The van der Waals surface area contributed by atoms with Crippen LogP contribution in [0.15, 0.2) is 18.2 Å². The van der Waals surface area contributed by atoms with E-state index in [2.05, 4.69) is 12.2 Å². The topological polar surface area (TPSA) is 69.6 Å². The maximum atomic E-state index is 12.3. The Hall–Kier alpha value is -2.04. The number of benzene rings is 1. The maximum absolute atomic E-state index is 12.3. The smallest absolute Gasteiger partial charge is 0.335 e. The molecule has 2 amide bonds. The predicted molar refractivity (Wildman–Crippen MR) is 77.2 cm³/mol. The molecule has 2 N–H and O–H groups in total. The Morgan fingerprint density at radius 3 is 2.85 bits per heavy atom. The van der Waals surface area contributed by atoms with E-state index >= 15 is 0 Å². The molecule has 5 heteroatoms. The van der Waals surface area contributed by atoms with E-state index in [1.54, 1.807) is 6.07 Å². The summed E-state index contributed by atoms with van der Waals surface area (Å²) in [5.41, 5.74) is 1.60. The highest BCUT2D eigenvalue weighted by atomic mass is 16.4. The molecule has 1 aromatic rings. The largest absolute Gasteiger partial charge is 0.478 e. The third-order valence-corrected chi connectivity index (χ3v) is 3.84. The van der Waals surface area contributed by atoms with Crippen LogP contribution in [0.25, 0.3) is 0 Å². The second-order valence-corrected chi connectivity index (χ2v) is 5.16. The number of nitrogens with one attached hydrogen (secondary N) is 1. The van der Waals surface area contributed by atoms with Crippen LogP contribution in [0.3, 0.4) is 0 Å². The van der Waals surface area contributed by atoms with Crippen molar-refractivity contribution in [2.45, 2.75) is 39.2 Å². The van der Waals surface area contributed by atoms with Gasteiger partial charge in [-0.25, -0.2) is 9.59 Å². The van der Waals surface area contributed by atoms with Gasteiger partial charge in [-0.2, -0.15) is 0 Å². The summed E-state index contributed by atoms with van der Waals surface area (Å²) in [5, 5.41) is 11.8. The first kappa shape index (κ1) is 14.4. The summed E-state index contributed by atoms with van der Waals surface area (Å²) in [6.45, 7) is 4.69. The highest BCUT2D eigenvalue weighted by Gasteiger charge is 2.27. The number of amides is 2. The Morgan fingerprint density at radius 1 is 1.45 bits per heavy atom. The Kier molecular flexibility index (Phi) is 4.27. The van der Waals surface area contributed by atoms with Crippen molar-refractivity contribution >= 4 is 17.7 Å². The highest BCUT2D eigenvalue weighted by molar-refractivity contribution is 5.94. The lowest BCUT2D eigenvalue weighted by Gasteiger charge is -2.24. The van der Waals surface area contributed by atoms with E-state index in [1.165, 1.54) is 12.1 Å². The number of likely N-dealkylation sites (tertiary alicyclic amines) is 1. The zero-order valence-corrected chi connectivity index (χ0v) is 11.8. The molecule has 1 fully saturated rings. The Morgan fingerprint density at radius 2 is 2.20 bits per heavy atom. The number of aryl methyl sites for hydroxylation is 1. The van der Waals surface area contributed by atoms with Crippen molar-refractivity contribution in [1.82, 2.24) is 4.90 Å². The Balaban J connectivity index is 2.15. The average molecular weight is 276 g/mol. The molecule has 1 aliphatic rings. The molecule has 1 unspecified atom stereocenters. The van der Waals surface area contributed by atoms with E-state index in [9.17, 15) is 9.59 Å². The second-order valence-electron chi connectivity index (χ2n) is 5.16. The number of nitrogens with zero attached hydrogens (tertiary/aromatic N) is 1. The normalized spacial score (nSPS) is 18.1. The van der Waals surface area contributed by atoms with Crippen molar-refractivity contribution in [3.8, 4) is 0 Å². The lowest BCUT2D eigenvalue weighted by atomic mass is 10.1. The lowest BCUT2D eigenvalue weighted by Crippen LogP contribution is -2.38. The molecule has 0 saturated carbocycles. The van der Waals surface area contributed by atoms with Crippen molar-refractivity contribution in [3.05, 3.63) is 29.3 Å². The quantitative estimate of drug-likeness (QED) is 0.891. The number of carboxylic acid groups (broad SMARTS) is 1. The van der Waals surface area contributed by atoms with Gasteiger partial charge in [-0.05, 0) is 43.9 Å². The van der Waals surface area contributed by atoms with Gasteiger partial charge in [-0.1, -0.05) is 13.0 Å². The second kappa shape index (κ2) is 5.94. The summed E-state index contributed by atoms with van der Waals surface area (Å²) >= 11 is 0. The molecule has 0 bridgehead atoms. The maximum Gasteiger partial charge on any atom is 0.335 e. The van der Waals surface area contributed by atoms with Crippen molar-refractivity contribution in [3.63, 3.8) is 0 Å². The molecular weight excluding hydrogens is 256 g/mol. The fourth-order valence-electron chi connectivity index (χ4n) is 2.60. The number of carbonyl (C=O) groups is 2. The molecule has 2 rings (SSSR count). The summed E-state index contributed by atoms with van der Waals surface area (Å²) in [7, 11) is 0. The number of hydrogen-bond acceptors (Lipinski definition) is 2. The number of hydrogen-bond donors (Lipinski definition) is 2. The molecule has 1 aliphatic heterocycles. The van der Waals surface area contributed by atoms with Gasteiger partial charge in [0.2, 0.25) is 0 Å². The average Bonchev–Trinajstić information content (AvgIpc) is 2.89. The number of anilines is 1. The summed E-state index contributed by atoms with van der Waals surface area (Å²) in [4.78, 5) is 25.1. The van der Waals surface area contributed by atoms with Crippen LogP contribution in [0.4, 0.5) is 10.5 Å². The fourth-order valence-corrected chi connectivity index (χ4v) is 2.60. The summed E-state index contributed by atoms with van der Waals surface area (Å²) < 4.78 is 0. The molecule has 1 atom stereocenters. The number of rotatable bonds is 3. The van der Waals surface area contributed by atoms with Crippen molar-refractivity contribution in [2.75, 3.05) is 11.9 Å². The molecule has 5 nitrogen and oxygen atoms in total. The molecular formula is C15H20N2O3. The van der Waals surface area contributed by atoms with Crippen LogP contribution in [-0.4, -0.2) is 34.6 Å². The van der Waals surface area contributed by atoms with Crippen molar-refractivity contribution < 1.29 is 14.7 Å². The van der Waals surface area contributed by atoms with Gasteiger partial charge in [0.1, 0.15) is 0 Å². The number of urea groups is 1. The SMILES string of the molecule is CCC1CCCN1C(=O)Nc1cc(C(=O)O)ccc1C. The first-order chi connectivity index (χ1) is 9.52. The minimum atomic E-state index is -0.992.